The minimum Gasteiger partial charge on any atom is -0.496 e. The van der Waals surface area contributed by atoms with Crippen molar-refractivity contribution in [3.8, 4) is 5.75 Å². The molecule has 0 aliphatic carbocycles. The number of methoxy groups -OCH3 is 1. The number of carbonyl (C=O) groups excluding carboxylic acids is 1. The van der Waals surface area contributed by atoms with Gasteiger partial charge in [0.1, 0.15) is 11.3 Å². The van der Waals surface area contributed by atoms with Crippen LogP contribution in [0.5, 0.6) is 5.75 Å². The summed E-state index contributed by atoms with van der Waals surface area (Å²) < 4.78 is 10.2. The van der Waals surface area contributed by atoms with Gasteiger partial charge in [0.05, 0.1) is 13.7 Å². The van der Waals surface area contributed by atoms with Crippen molar-refractivity contribution in [2.45, 2.75) is 6.92 Å². The molecule has 0 radical (unpaired) electrons. The number of amides is 1. The normalized spacial score (nSPS) is 10.0. The summed E-state index contributed by atoms with van der Waals surface area (Å²) >= 11 is 0. The molecular formula is C12H18N2O3. The van der Waals surface area contributed by atoms with Gasteiger partial charge in [-0.1, -0.05) is 6.07 Å². The van der Waals surface area contributed by atoms with Gasteiger partial charge in [0.2, 0.25) is 0 Å². The van der Waals surface area contributed by atoms with E-state index in [0.29, 0.717) is 36.8 Å². The summed E-state index contributed by atoms with van der Waals surface area (Å²) in [7, 11) is 1.51. The third kappa shape index (κ3) is 3.64. The van der Waals surface area contributed by atoms with Crippen LogP contribution in [0.1, 0.15) is 17.3 Å². The highest BCUT2D eigenvalue weighted by Gasteiger charge is 2.14. The second-order valence-electron chi connectivity index (χ2n) is 3.38. The minimum absolute atomic E-state index is 0.250. The molecule has 0 aliphatic heterocycles. The van der Waals surface area contributed by atoms with Crippen LogP contribution in [0.25, 0.3) is 0 Å². The molecule has 0 spiro atoms. The Morgan fingerprint density at radius 1 is 1.47 bits per heavy atom. The van der Waals surface area contributed by atoms with E-state index in [1.54, 1.807) is 18.2 Å². The van der Waals surface area contributed by atoms with E-state index in [1.165, 1.54) is 7.11 Å². The van der Waals surface area contributed by atoms with E-state index in [-0.39, 0.29) is 5.91 Å². The molecule has 1 aromatic carbocycles. The predicted molar refractivity (Wildman–Crippen MR) is 66.2 cm³/mol. The molecule has 17 heavy (non-hydrogen) atoms. The SMILES string of the molecule is CCOCCNC(=O)c1c(N)cccc1OC. The van der Waals surface area contributed by atoms with Crippen LogP contribution in [0, 0.1) is 0 Å². The lowest BCUT2D eigenvalue weighted by atomic mass is 10.1. The molecule has 0 bridgehead atoms. The molecule has 0 unspecified atom stereocenters. The van der Waals surface area contributed by atoms with Crippen LogP contribution >= 0.6 is 0 Å². The number of nitrogens with two attached hydrogens (primary N) is 1. The Labute approximate surface area is 101 Å². The second-order valence-corrected chi connectivity index (χ2v) is 3.38. The maximum atomic E-state index is 11.9. The van der Waals surface area contributed by atoms with Crippen LogP contribution in [0.3, 0.4) is 0 Å². The molecule has 0 heterocycles. The standard InChI is InChI=1S/C12H18N2O3/c1-3-17-8-7-14-12(15)11-9(13)5-4-6-10(11)16-2/h4-6H,3,7-8,13H2,1-2H3,(H,14,15). The number of rotatable bonds is 6. The van der Waals surface area contributed by atoms with E-state index in [1.807, 2.05) is 6.92 Å². The summed E-state index contributed by atoms with van der Waals surface area (Å²) in [5.41, 5.74) is 6.52. The van der Waals surface area contributed by atoms with E-state index < -0.39 is 0 Å². The molecular weight excluding hydrogens is 220 g/mol. The topological polar surface area (TPSA) is 73.6 Å². The number of ether oxygens (including phenoxy) is 2. The van der Waals surface area contributed by atoms with Crippen molar-refractivity contribution in [1.82, 2.24) is 5.32 Å². The maximum Gasteiger partial charge on any atom is 0.257 e. The van der Waals surface area contributed by atoms with E-state index in [9.17, 15) is 4.79 Å². The summed E-state index contributed by atoms with van der Waals surface area (Å²) in [5.74, 6) is 0.221. The van der Waals surface area contributed by atoms with Gasteiger partial charge >= 0.3 is 0 Å². The lowest BCUT2D eigenvalue weighted by Gasteiger charge is -2.11. The average molecular weight is 238 g/mol. The Balaban J connectivity index is 2.68. The van der Waals surface area contributed by atoms with Gasteiger partial charge in [-0.25, -0.2) is 0 Å². The largest absolute Gasteiger partial charge is 0.496 e. The zero-order chi connectivity index (χ0) is 12.7. The van der Waals surface area contributed by atoms with Gasteiger partial charge in [-0.3, -0.25) is 4.79 Å². The molecule has 0 saturated carbocycles. The summed E-state index contributed by atoms with van der Waals surface area (Å²) in [5, 5.41) is 2.73. The van der Waals surface area contributed by atoms with Gasteiger partial charge < -0.3 is 20.5 Å². The van der Waals surface area contributed by atoms with Crippen LogP contribution in [0.2, 0.25) is 0 Å². The van der Waals surface area contributed by atoms with Crippen molar-refractivity contribution in [2.24, 2.45) is 0 Å². The van der Waals surface area contributed by atoms with Crippen LogP contribution in [-0.2, 0) is 4.74 Å². The number of hydrogen-bond donors (Lipinski definition) is 2. The summed E-state index contributed by atoms with van der Waals surface area (Å²) in [6, 6.07) is 5.11. The van der Waals surface area contributed by atoms with Crippen molar-refractivity contribution in [2.75, 3.05) is 32.6 Å². The third-order valence-electron chi connectivity index (χ3n) is 2.24. The van der Waals surface area contributed by atoms with Crippen molar-refractivity contribution < 1.29 is 14.3 Å². The molecule has 0 aromatic heterocycles. The van der Waals surface area contributed by atoms with Gasteiger partial charge in [0, 0.05) is 18.8 Å². The lowest BCUT2D eigenvalue weighted by molar-refractivity contribution is 0.0920. The minimum atomic E-state index is -0.250. The lowest BCUT2D eigenvalue weighted by Crippen LogP contribution is -2.28. The highest BCUT2D eigenvalue weighted by Crippen LogP contribution is 2.23. The molecule has 1 amide bonds. The monoisotopic (exact) mass is 238 g/mol. The summed E-state index contributed by atoms with van der Waals surface area (Å²) in [6.07, 6.45) is 0. The second kappa shape index (κ2) is 6.75. The van der Waals surface area contributed by atoms with Crippen LogP contribution in [0.4, 0.5) is 5.69 Å². The van der Waals surface area contributed by atoms with Gasteiger partial charge in [-0.2, -0.15) is 0 Å². The molecule has 0 fully saturated rings. The van der Waals surface area contributed by atoms with Crippen LogP contribution < -0.4 is 15.8 Å². The van der Waals surface area contributed by atoms with Gasteiger partial charge in [-0.15, -0.1) is 0 Å². The van der Waals surface area contributed by atoms with Gasteiger partial charge in [-0.05, 0) is 19.1 Å². The Morgan fingerprint density at radius 2 is 2.24 bits per heavy atom. The highest BCUT2D eigenvalue weighted by molar-refractivity contribution is 6.01. The first-order valence-corrected chi connectivity index (χ1v) is 5.49. The molecule has 3 N–H and O–H groups in total. The number of benzene rings is 1. The first kappa shape index (κ1) is 13.3. The number of anilines is 1. The van der Waals surface area contributed by atoms with Crippen LogP contribution in [0.15, 0.2) is 18.2 Å². The van der Waals surface area contributed by atoms with Crippen molar-refractivity contribution in [3.05, 3.63) is 23.8 Å². The molecule has 1 rings (SSSR count). The molecule has 5 nitrogen and oxygen atoms in total. The number of hydrogen-bond acceptors (Lipinski definition) is 4. The Hall–Kier alpha value is -1.75. The highest BCUT2D eigenvalue weighted by atomic mass is 16.5. The molecule has 94 valence electrons. The Morgan fingerprint density at radius 3 is 2.88 bits per heavy atom. The molecule has 5 heteroatoms. The van der Waals surface area contributed by atoms with Crippen molar-refractivity contribution >= 4 is 11.6 Å². The Kier molecular flexibility index (Phi) is 5.29. The smallest absolute Gasteiger partial charge is 0.257 e. The quantitative estimate of drug-likeness (QED) is 0.573. The molecule has 0 atom stereocenters. The fourth-order valence-electron chi connectivity index (χ4n) is 1.43. The summed E-state index contributed by atoms with van der Waals surface area (Å²) in [6.45, 7) is 3.47. The average Bonchev–Trinajstić information content (AvgIpc) is 2.34. The van der Waals surface area contributed by atoms with E-state index in [0.717, 1.165) is 0 Å². The number of nitrogens with one attached hydrogen (secondary N) is 1. The van der Waals surface area contributed by atoms with E-state index in [4.69, 9.17) is 15.2 Å². The van der Waals surface area contributed by atoms with Crippen molar-refractivity contribution in [3.63, 3.8) is 0 Å². The summed E-state index contributed by atoms with van der Waals surface area (Å²) in [4.78, 5) is 11.9. The Bertz CT molecular complexity index is 380. The predicted octanol–water partition coefficient (Wildman–Crippen LogP) is 1.04. The molecule has 1 aromatic rings. The maximum absolute atomic E-state index is 11.9. The van der Waals surface area contributed by atoms with Gasteiger partial charge in [0.25, 0.3) is 5.91 Å². The van der Waals surface area contributed by atoms with E-state index >= 15 is 0 Å². The fraction of sp³-hybridized carbons (Fsp3) is 0.417. The van der Waals surface area contributed by atoms with Gasteiger partial charge in [0.15, 0.2) is 0 Å². The first-order chi connectivity index (χ1) is 8.20. The molecule has 0 aliphatic rings. The van der Waals surface area contributed by atoms with Crippen molar-refractivity contribution in [1.29, 1.82) is 0 Å². The zero-order valence-corrected chi connectivity index (χ0v) is 10.2. The molecule has 0 saturated heterocycles. The van der Waals surface area contributed by atoms with E-state index in [2.05, 4.69) is 5.32 Å². The van der Waals surface area contributed by atoms with Crippen LogP contribution in [-0.4, -0.2) is 32.8 Å². The number of carbonyl (C=O) groups is 1. The zero-order valence-electron chi connectivity index (χ0n) is 10.2. The first-order valence-electron chi connectivity index (χ1n) is 5.49. The fourth-order valence-corrected chi connectivity index (χ4v) is 1.43. The third-order valence-corrected chi connectivity index (χ3v) is 2.24. The number of nitrogen functional groups attached to an aromatic ring is 1.